The number of allylic oxidation sites excluding steroid dienone is 2. The fraction of sp³-hybridized carbons (Fsp3) is 0.571. The summed E-state index contributed by atoms with van der Waals surface area (Å²) in [5.74, 6) is -0.970. The summed E-state index contributed by atoms with van der Waals surface area (Å²) >= 11 is 0. The molecule has 16 nitrogen and oxygen atoms in total. The van der Waals surface area contributed by atoms with Crippen molar-refractivity contribution < 1.29 is 46.5 Å². The van der Waals surface area contributed by atoms with Crippen LogP contribution in [0, 0.1) is 11.3 Å². The minimum absolute atomic E-state index is 0.0159. The third-order valence-corrected chi connectivity index (χ3v) is 14.2. The molecule has 2 N–H and O–H groups in total. The number of Topliss-reactive ketones (excluding diaryl/α,β-unsaturated/α-hetero) is 1. The number of pyridine rings is 1. The summed E-state index contributed by atoms with van der Waals surface area (Å²) in [5, 5.41) is 7.68. The van der Waals surface area contributed by atoms with Crippen LogP contribution in [-0.2, 0) is 31.5 Å². The van der Waals surface area contributed by atoms with Crippen molar-refractivity contribution in [3.05, 3.63) is 48.3 Å². The van der Waals surface area contributed by atoms with Crippen LogP contribution in [0.5, 0.6) is 23.1 Å². The van der Waals surface area contributed by atoms with Crippen LogP contribution in [0.4, 0.5) is 0 Å². The van der Waals surface area contributed by atoms with Gasteiger partial charge >= 0.3 is 0 Å². The molecule has 4 aliphatic rings. The van der Waals surface area contributed by atoms with Crippen molar-refractivity contribution in [2.24, 2.45) is 18.4 Å². The zero-order valence-corrected chi connectivity index (χ0v) is 35.3. The lowest BCUT2D eigenvalue weighted by atomic mass is 9.91. The summed E-state index contributed by atoms with van der Waals surface area (Å²) in [5.41, 5.74) is -0.727. The maximum atomic E-state index is 14.8. The van der Waals surface area contributed by atoms with Crippen molar-refractivity contribution in [1.82, 2.24) is 29.7 Å². The van der Waals surface area contributed by atoms with E-state index in [0.29, 0.717) is 66.7 Å². The van der Waals surface area contributed by atoms with Crippen LogP contribution in [0.3, 0.4) is 0 Å². The monoisotopic (exact) mass is 834 g/mol. The minimum Gasteiger partial charge on any atom is -0.493 e. The van der Waals surface area contributed by atoms with Crippen molar-refractivity contribution in [3.63, 3.8) is 0 Å². The van der Waals surface area contributed by atoms with Crippen LogP contribution in [0.1, 0.15) is 95.5 Å². The van der Waals surface area contributed by atoms with E-state index in [4.69, 9.17) is 23.9 Å². The first kappa shape index (κ1) is 42.0. The molecule has 4 heterocycles. The summed E-state index contributed by atoms with van der Waals surface area (Å²) in [6.07, 6.45) is 8.78. The SMILES string of the molecule is COc1ccc2c(O[C@@H]3C[C@H]4C(=O)C[C@]5(C(=O)NS(=O)(=O)C6(C)CC6)C[C@@H]5/C=C\CCCCC[C@H](NC(=O)c5ccn(C)n5)C(=O)N4C3)cc(OC(C)C)nc2c1OC. The van der Waals surface area contributed by atoms with Crippen LogP contribution in [0.15, 0.2) is 42.6 Å². The third kappa shape index (κ3) is 8.61. The number of carbonyl (C=O) groups is 4. The average Bonchev–Trinajstić information content (AvgIpc) is 3.99. The van der Waals surface area contributed by atoms with E-state index in [1.165, 1.54) is 23.8 Å². The van der Waals surface area contributed by atoms with E-state index in [0.717, 1.165) is 12.8 Å². The normalized spacial score (nSPS) is 26.2. The number of aryl methyl sites for hydroxylation is 1. The van der Waals surface area contributed by atoms with Gasteiger partial charge in [-0.15, -0.1) is 0 Å². The molecule has 0 unspecified atom stereocenters. The second kappa shape index (κ2) is 16.5. The Hall–Kier alpha value is -5.19. The van der Waals surface area contributed by atoms with E-state index in [1.54, 1.807) is 44.4 Å². The fourth-order valence-corrected chi connectivity index (χ4v) is 9.52. The van der Waals surface area contributed by atoms with Crippen LogP contribution in [-0.4, -0.2) is 101 Å². The molecule has 2 aliphatic carbocycles. The number of nitrogens with zero attached hydrogens (tertiary/aromatic N) is 4. The minimum atomic E-state index is -3.98. The van der Waals surface area contributed by atoms with E-state index in [-0.39, 0.29) is 43.0 Å². The highest BCUT2D eigenvalue weighted by molar-refractivity contribution is 7.91. The van der Waals surface area contributed by atoms with E-state index < -0.39 is 61.9 Å². The fourth-order valence-electron chi connectivity index (χ4n) is 8.19. The number of nitrogens with one attached hydrogen (secondary N) is 2. The van der Waals surface area contributed by atoms with Crippen molar-refractivity contribution in [2.45, 2.75) is 114 Å². The maximum absolute atomic E-state index is 14.8. The molecule has 59 heavy (non-hydrogen) atoms. The Morgan fingerprint density at radius 2 is 1.81 bits per heavy atom. The predicted molar refractivity (Wildman–Crippen MR) is 217 cm³/mol. The molecule has 1 saturated heterocycles. The number of benzene rings is 1. The highest BCUT2D eigenvalue weighted by Crippen LogP contribution is 2.57. The highest BCUT2D eigenvalue weighted by atomic mass is 32.2. The molecular weight excluding hydrogens is 781 g/mol. The molecular formula is C42H54N6O10S. The molecule has 3 fully saturated rings. The van der Waals surface area contributed by atoms with Crippen LogP contribution < -0.4 is 29.0 Å². The first-order valence-electron chi connectivity index (χ1n) is 20.3. The first-order valence-corrected chi connectivity index (χ1v) is 21.8. The number of fused-ring (bicyclic) bond motifs is 3. The van der Waals surface area contributed by atoms with Gasteiger partial charge in [-0.25, -0.2) is 13.4 Å². The van der Waals surface area contributed by atoms with E-state index in [2.05, 4.69) is 15.1 Å². The second-order valence-electron chi connectivity index (χ2n) is 16.8. The molecule has 2 aromatic heterocycles. The number of aromatic nitrogens is 3. The molecule has 0 bridgehead atoms. The Balaban J connectivity index is 1.24. The van der Waals surface area contributed by atoms with Crippen LogP contribution in [0.25, 0.3) is 10.9 Å². The van der Waals surface area contributed by atoms with Gasteiger partial charge in [0.1, 0.15) is 29.1 Å². The molecule has 1 aromatic carbocycles. The Morgan fingerprint density at radius 1 is 1.03 bits per heavy atom. The summed E-state index contributed by atoms with van der Waals surface area (Å²) in [7, 11) is 0.744. The first-order chi connectivity index (χ1) is 28.1. The molecule has 17 heteroatoms. The Kier molecular flexibility index (Phi) is 11.7. The van der Waals surface area contributed by atoms with E-state index in [1.807, 2.05) is 26.0 Å². The third-order valence-electron chi connectivity index (χ3n) is 12.0. The van der Waals surface area contributed by atoms with Crippen LogP contribution in [0.2, 0.25) is 0 Å². The van der Waals surface area contributed by atoms with Gasteiger partial charge in [0.05, 0.1) is 43.1 Å². The molecule has 2 aliphatic heterocycles. The number of ketones is 1. The van der Waals surface area contributed by atoms with Crippen molar-refractivity contribution in [1.29, 1.82) is 0 Å². The lowest BCUT2D eigenvalue weighted by Gasteiger charge is -2.29. The summed E-state index contributed by atoms with van der Waals surface area (Å²) in [4.78, 5) is 63.1. The van der Waals surface area contributed by atoms with E-state index >= 15 is 0 Å². The van der Waals surface area contributed by atoms with Gasteiger partial charge in [-0.3, -0.25) is 28.6 Å². The lowest BCUT2D eigenvalue weighted by Crippen LogP contribution is -2.52. The predicted octanol–water partition coefficient (Wildman–Crippen LogP) is 4.40. The van der Waals surface area contributed by atoms with Gasteiger partial charge in [-0.2, -0.15) is 5.10 Å². The number of hydrogen-bond acceptors (Lipinski definition) is 12. The summed E-state index contributed by atoms with van der Waals surface area (Å²) in [6, 6.07) is 4.70. The van der Waals surface area contributed by atoms with Gasteiger partial charge in [0.2, 0.25) is 27.7 Å². The number of methoxy groups -OCH3 is 2. The smallest absolute Gasteiger partial charge is 0.272 e. The van der Waals surface area contributed by atoms with Gasteiger partial charge in [0, 0.05) is 37.5 Å². The summed E-state index contributed by atoms with van der Waals surface area (Å²) < 4.78 is 53.3. The molecule has 7 rings (SSSR count). The number of rotatable bonds is 11. The quantitative estimate of drug-likeness (QED) is 0.259. The zero-order valence-electron chi connectivity index (χ0n) is 34.5. The van der Waals surface area contributed by atoms with Gasteiger partial charge in [-0.05, 0) is 83.4 Å². The Bertz CT molecular complexity index is 2270. The molecule has 0 radical (unpaired) electrons. The van der Waals surface area contributed by atoms with Gasteiger partial charge in [0.25, 0.3) is 5.91 Å². The molecule has 5 atom stereocenters. The lowest BCUT2D eigenvalue weighted by molar-refractivity contribution is -0.140. The highest BCUT2D eigenvalue weighted by Gasteiger charge is 2.62. The van der Waals surface area contributed by atoms with Crippen molar-refractivity contribution in [2.75, 3.05) is 20.8 Å². The Labute approximate surface area is 344 Å². The number of ether oxygens (including phenoxy) is 4. The molecule has 3 aromatic rings. The zero-order chi connectivity index (χ0) is 42.3. The van der Waals surface area contributed by atoms with Gasteiger partial charge in [-0.1, -0.05) is 25.0 Å². The Morgan fingerprint density at radius 3 is 2.49 bits per heavy atom. The van der Waals surface area contributed by atoms with E-state index in [9.17, 15) is 27.6 Å². The number of hydrogen-bond donors (Lipinski definition) is 2. The molecule has 0 spiro atoms. The van der Waals surface area contributed by atoms with Crippen molar-refractivity contribution in [3.8, 4) is 23.1 Å². The van der Waals surface area contributed by atoms with Gasteiger partial charge < -0.3 is 29.2 Å². The standard InChI is InChI=1S/C42H54N6O10S/c1-25(2)57-35-21-34(28-14-15-33(55-5)37(56-6)36(28)44-35)58-27-20-31-32(49)23-42(40(52)46-59(53,54)41(3)17-18-41)22-26(42)12-10-8-7-9-11-13-30(39(51)48(31)24-27)43-38(50)29-16-19-47(4)45-29/h10,12,14-16,19,21,25-27,30-31H,7-9,11,13,17-18,20,22-24H2,1-6H3,(H,43,50)(H,46,52)/b12-10-/t26-,27+,30-,31-,42+/m0/s1. The molecule has 318 valence electrons. The number of amides is 3. The average molecular weight is 835 g/mol. The maximum Gasteiger partial charge on any atom is 0.272 e. The van der Waals surface area contributed by atoms with Crippen molar-refractivity contribution >= 4 is 44.4 Å². The van der Waals surface area contributed by atoms with Crippen LogP contribution >= 0.6 is 0 Å². The molecule has 3 amide bonds. The topological polar surface area (TPSA) is 197 Å². The number of sulfonamides is 1. The van der Waals surface area contributed by atoms with Gasteiger partial charge in [0.15, 0.2) is 17.3 Å². The number of carbonyl (C=O) groups excluding carboxylic acids is 4. The molecule has 2 saturated carbocycles. The largest absolute Gasteiger partial charge is 0.493 e. The second-order valence-corrected chi connectivity index (χ2v) is 19.0. The summed E-state index contributed by atoms with van der Waals surface area (Å²) in [6.45, 7) is 5.32.